The van der Waals surface area contributed by atoms with Gasteiger partial charge in [-0.2, -0.15) is 18.2 Å². The Morgan fingerprint density at radius 1 is 1.12 bits per heavy atom. The van der Waals surface area contributed by atoms with Crippen molar-refractivity contribution >= 4 is 28.2 Å². The summed E-state index contributed by atoms with van der Waals surface area (Å²) in [5.41, 5.74) is 0.550. The average Bonchev–Trinajstić information content (AvgIpc) is 3.46. The molecule has 4 aromatic rings. The predicted molar refractivity (Wildman–Crippen MR) is 113 cm³/mol. The Bertz CT molecular complexity index is 1380. The zero-order valence-corrected chi connectivity index (χ0v) is 17.4. The van der Waals surface area contributed by atoms with Crippen molar-refractivity contribution in [2.75, 3.05) is 18.1 Å². The molecular formula is C23H19F4N5O. The lowest BCUT2D eigenvalue weighted by atomic mass is 9.95. The van der Waals surface area contributed by atoms with Gasteiger partial charge in [0.05, 0.1) is 23.2 Å². The predicted octanol–water partition coefficient (Wildman–Crippen LogP) is 5.22. The summed E-state index contributed by atoms with van der Waals surface area (Å²) in [6.07, 6.45) is -2.00. The fraction of sp³-hybridized carbons (Fsp3) is 0.348. The van der Waals surface area contributed by atoms with Crippen LogP contribution in [-0.4, -0.2) is 38.9 Å². The quantitative estimate of drug-likeness (QED) is 0.393. The van der Waals surface area contributed by atoms with Crippen molar-refractivity contribution in [1.29, 1.82) is 0 Å². The van der Waals surface area contributed by atoms with Crippen LogP contribution in [0.4, 0.5) is 29.1 Å². The van der Waals surface area contributed by atoms with Crippen LogP contribution >= 0.6 is 0 Å². The van der Waals surface area contributed by atoms with Gasteiger partial charge in [0.1, 0.15) is 30.3 Å². The van der Waals surface area contributed by atoms with Crippen LogP contribution in [0.5, 0.6) is 5.75 Å². The zero-order chi connectivity index (χ0) is 22.8. The summed E-state index contributed by atoms with van der Waals surface area (Å²) >= 11 is 0. The highest BCUT2D eigenvalue weighted by Gasteiger charge is 2.62. The molecule has 6 rings (SSSR count). The number of hydrogen-bond acceptors (Lipinski definition) is 5. The molecule has 0 amide bonds. The van der Waals surface area contributed by atoms with Gasteiger partial charge >= 0.3 is 6.18 Å². The molecule has 1 saturated carbocycles. The fourth-order valence-corrected chi connectivity index (χ4v) is 4.66. The van der Waals surface area contributed by atoms with Gasteiger partial charge in [-0.25, -0.2) is 4.39 Å². The van der Waals surface area contributed by atoms with Crippen LogP contribution in [-0.2, 0) is 6.42 Å². The number of para-hydroxylation sites is 1. The van der Waals surface area contributed by atoms with Crippen LogP contribution in [0, 0.1) is 11.2 Å². The molecule has 1 fully saturated rings. The third-order valence-corrected chi connectivity index (χ3v) is 6.71. The Labute approximate surface area is 185 Å². The molecule has 0 N–H and O–H groups in total. The molecule has 0 atom stereocenters. The number of hydrogen-bond donors (Lipinski definition) is 0. The molecule has 0 radical (unpaired) electrons. The fourth-order valence-electron chi connectivity index (χ4n) is 4.66. The van der Waals surface area contributed by atoms with Gasteiger partial charge in [-0.05, 0) is 55.5 Å². The minimum Gasteiger partial charge on any atom is -0.489 e. The molecule has 0 bridgehead atoms. The third kappa shape index (κ3) is 3.19. The highest BCUT2D eigenvalue weighted by Crippen LogP contribution is 2.60. The van der Waals surface area contributed by atoms with Crippen molar-refractivity contribution in [1.82, 2.24) is 19.6 Å². The summed E-state index contributed by atoms with van der Waals surface area (Å²) in [4.78, 5) is 6.54. The van der Waals surface area contributed by atoms with Crippen LogP contribution in [0.25, 0.3) is 16.7 Å². The van der Waals surface area contributed by atoms with E-state index in [1.807, 2.05) is 17.0 Å². The lowest BCUT2D eigenvalue weighted by Crippen LogP contribution is -2.30. The van der Waals surface area contributed by atoms with Gasteiger partial charge in [-0.3, -0.25) is 4.40 Å². The largest absolute Gasteiger partial charge is 0.489 e. The van der Waals surface area contributed by atoms with Crippen molar-refractivity contribution in [2.24, 2.45) is 5.41 Å². The third-order valence-electron chi connectivity index (χ3n) is 6.71. The summed E-state index contributed by atoms with van der Waals surface area (Å²) < 4.78 is 62.0. The number of rotatable bonds is 4. The molecule has 1 aliphatic carbocycles. The van der Waals surface area contributed by atoms with Gasteiger partial charge in [0.25, 0.3) is 5.78 Å². The van der Waals surface area contributed by atoms with Crippen LogP contribution in [0.15, 0.2) is 42.7 Å². The van der Waals surface area contributed by atoms with Gasteiger partial charge in [-0.15, -0.1) is 10.2 Å². The normalized spacial score (nSPS) is 17.3. The molecule has 0 saturated heterocycles. The number of aromatic nitrogens is 4. The number of alkyl halides is 3. The van der Waals surface area contributed by atoms with E-state index in [0.717, 1.165) is 5.56 Å². The number of nitrogens with zero attached hydrogens (tertiary/aromatic N) is 5. The summed E-state index contributed by atoms with van der Waals surface area (Å²) in [7, 11) is 0. The number of fused-ring (bicyclic) bond motifs is 4. The van der Waals surface area contributed by atoms with Crippen molar-refractivity contribution in [3.05, 3.63) is 54.1 Å². The Kier molecular flexibility index (Phi) is 4.30. The SMILES string of the molecule is Fc1ccc2c(c1)c(N1CCOc3c(CCC4(C(F)(F)F)CC4)cccc31)nc1nncn12. The number of halogens is 4. The van der Waals surface area contributed by atoms with E-state index in [9.17, 15) is 17.6 Å². The number of aryl methyl sites for hydroxylation is 1. The minimum absolute atomic E-state index is 0.0361. The Balaban J connectivity index is 1.43. The van der Waals surface area contributed by atoms with Gasteiger partial charge in [0.15, 0.2) is 0 Å². The second-order valence-corrected chi connectivity index (χ2v) is 8.64. The monoisotopic (exact) mass is 457 g/mol. The molecule has 170 valence electrons. The van der Waals surface area contributed by atoms with E-state index in [0.29, 0.717) is 47.1 Å². The molecular weight excluding hydrogens is 438 g/mol. The van der Waals surface area contributed by atoms with E-state index in [4.69, 9.17) is 4.74 Å². The Morgan fingerprint density at radius 2 is 1.97 bits per heavy atom. The van der Waals surface area contributed by atoms with Crippen LogP contribution < -0.4 is 9.64 Å². The second-order valence-electron chi connectivity index (χ2n) is 8.64. The Morgan fingerprint density at radius 3 is 2.76 bits per heavy atom. The molecule has 3 heterocycles. The molecule has 2 aromatic carbocycles. The van der Waals surface area contributed by atoms with Gasteiger partial charge in [-0.1, -0.05) is 12.1 Å². The van der Waals surface area contributed by atoms with Crippen molar-refractivity contribution in [3.8, 4) is 5.75 Å². The van der Waals surface area contributed by atoms with Crippen molar-refractivity contribution < 1.29 is 22.3 Å². The van der Waals surface area contributed by atoms with Crippen molar-refractivity contribution in [2.45, 2.75) is 31.9 Å². The molecule has 1 aliphatic heterocycles. The number of anilines is 2. The van der Waals surface area contributed by atoms with E-state index in [2.05, 4.69) is 15.2 Å². The molecule has 0 unspecified atom stereocenters. The Hall–Kier alpha value is -3.43. The molecule has 10 heteroatoms. The zero-order valence-electron chi connectivity index (χ0n) is 17.4. The molecule has 33 heavy (non-hydrogen) atoms. The van der Waals surface area contributed by atoms with E-state index < -0.39 is 17.4 Å². The van der Waals surface area contributed by atoms with E-state index in [1.165, 1.54) is 18.5 Å². The molecule has 2 aromatic heterocycles. The highest BCUT2D eigenvalue weighted by atomic mass is 19.4. The summed E-state index contributed by atoms with van der Waals surface area (Å²) in [6.45, 7) is 0.774. The van der Waals surface area contributed by atoms with E-state index in [1.54, 1.807) is 16.5 Å². The first-order chi connectivity index (χ1) is 15.9. The maximum Gasteiger partial charge on any atom is 0.394 e. The first-order valence-corrected chi connectivity index (χ1v) is 10.7. The molecule has 0 spiro atoms. The lowest BCUT2D eigenvalue weighted by molar-refractivity contribution is -0.188. The first-order valence-electron chi connectivity index (χ1n) is 10.7. The molecule has 2 aliphatic rings. The lowest BCUT2D eigenvalue weighted by Gasteiger charge is -2.32. The summed E-state index contributed by atoms with van der Waals surface area (Å²) in [5.74, 6) is 1.02. The maximum atomic E-state index is 14.2. The van der Waals surface area contributed by atoms with Crippen LogP contribution in [0.1, 0.15) is 24.8 Å². The maximum absolute atomic E-state index is 14.2. The topological polar surface area (TPSA) is 55.5 Å². The van der Waals surface area contributed by atoms with E-state index >= 15 is 0 Å². The van der Waals surface area contributed by atoms with E-state index in [-0.39, 0.29) is 25.7 Å². The summed E-state index contributed by atoms with van der Waals surface area (Å²) in [6, 6.07) is 9.89. The number of benzene rings is 2. The minimum atomic E-state index is -4.19. The highest BCUT2D eigenvalue weighted by molar-refractivity contribution is 5.94. The van der Waals surface area contributed by atoms with Crippen LogP contribution in [0.3, 0.4) is 0 Å². The van der Waals surface area contributed by atoms with Crippen LogP contribution in [0.2, 0.25) is 0 Å². The first kappa shape index (κ1) is 20.2. The molecule has 6 nitrogen and oxygen atoms in total. The van der Waals surface area contributed by atoms with Crippen molar-refractivity contribution in [3.63, 3.8) is 0 Å². The summed E-state index contributed by atoms with van der Waals surface area (Å²) in [5, 5.41) is 8.54. The number of ether oxygens (including phenoxy) is 1. The van der Waals surface area contributed by atoms with Gasteiger partial charge < -0.3 is 9.64 Å². The second kappa shape index (κ2) is 7.03. The standard InChI is InChI=1S/C23H19F4N5O/c24-15-4-5-17-16(12-15)20(29-21-30-28-13-32(17)21)31-10-11-33-19-14(2-1-3-18(19)31)6-7-22(8-9-22)23(25,26)27/h1-5,12-13H,6-11H2. The smallest absolute Gasteiger partial charge is 0.394 e. The van der Waals surface area contributed by atoms with Gasteiger partial charge in [0.2, 0.25) is 0 Å². The average molecular weight is 457 g/mol. The van der Waals surface area contributed by atoms with Gasteiger partial charge in [0, 0.05) is 5.39 Å².